The van der Waals surface area contributed by atoms with Crippen LogP contribution in [0.25, 0.3) is 0 Å². The molecule has 2 aromatic carbocycles. The molecule has 0 heterocycles. The number of carbonyl (C=O) groups is 1. The van der Waals surface area contributed by atoms with E-state index in [1.807, 2.05) is 30.0 Å². The highest BCUT2D eigenvalue weighted by Gasteiger charge is 2.03. The fraction of sp³-hybridized carbons (Fsp3) is 0.316. The molecule has 2 aromatic rings. The van der Waals surface area contributed by atoms with Gasteiger partial charge in [0.1, 0.15) is 0 Å². The molecule has 2 rings (SSSR count). The SMILES string of the molecule is Cc1cccc(CSCCNC(=O)CSCc2ccccc2Br)c1. The van der Waals surface area contributed by atoms with Crippen LogP contribution in [0.4, 0.5) is 0 Å². The van der Waals surface area contributed by atoms with Gasteiger partial charge in [-0.3, -0.25) is 4.79 Å². The molecule has 0 aromatic heterocycles. The smallest absolute Gasteiger partial charge is 0.230 e. The molecule has 0 atom stereocenters. The average Bonchev–Trinajstić information content (AvgIpc) is 2.56. The first-order chi connectivity index (χ1) is 11.6. The van der Waals surface area contributed by atoms with E-state index >= 15 is 0 Å². The van der Waals surface area contributed by atoms with Crippen molar-refractivity contribution in [1.82, 2.24) is 5.32 Å². The fourth-order valence-corrected chi connectivity index (χ4v) is 4.45. The number of carbonyl (C=O) groups excluding carboxylic acids is 1. The molecule has 0 saturated heterocycles. The van der Waals surface area contributed by atoms with Crippen LogP contribution in [0, 0.1) is 6.92 Å². The fourth-order valence-electron chi connectivity index (χ4n) is 2.17. The molecule has 24 heavy (non-hydrogen) atoms. The normalized spacial score (nSPS) is 10.6. The van der Waals surface area contributed by atoms with E-state index in [9.17, 15) is 4.79 Å². The van der Waals surface area contributed by atoms with Gasteiger partial charge in [-0.05, 0) is 24.1 Å². The van der Waals surface area contributed by atoms with E-state index in [4.69, 9.17) is 0 Å². The average molecular weight is 424 g/mol. The maximum atomic E-state index is 11.8. The third-order valence-electron chi connectivity index (χ3n) is 3.37. The molecule has 5 heteroatoms. The summed E-state index contributed by atoms with van der Waals surface area (Å²) in [5.74, 6) is 3.40. The van der Waals surface area contributed by atoms with Crippen molar-refractivity contribution in [1.29, 1.82) is 0 Å². The van der Waals surface area contributed by atoms with Gasteiger partial charge in [-0.15, -0.1) is 11.8 Å². The minimum Gasteiger partial charge on any atom is -0.355 e. The third-order valence-corrected chi connectivity index (χ3v) is 6.15. The van der Waals surface area contributed by atoms with Crippen molar-refractivity contribution in [3.05, 3.63) is 69.7 Å². The number of hydrogen-bond acceptors (Lipinski definition) is 3. The van der Waals surface area contributed by atoms with Gasteiger partial charge in [0.15, 0.2) is 0 Å². The van der Waals surface area contributed by atoms with Crippen molar-refractivity contribution >= 4 is 45.4 Å². The number of halogens is 1. The molecule has 1 N–H and O–H groups in total. The maximum absolute atomic E-state index is 11.8. The van der Waals surface area contributed by atoms with Gasteiger partial charge in [0.2, 0.25) is 5.91 Å². The Balaban J connectivity index is 1.54. The topological polar surface area (TPSA) is 29.1 Å². The molecule has 0 radical (unpaired) electrons. The van der Waals surface area contributed by atoms with Crippen LogP contribution in [-0.4, -0.2) is 24.0 Å². The van der Waals surface area contributed by atoms with Gasteiger partial charge in [0, 0.05) is 28.3 Å². The first kappa shape index (κ1) is 19.4. The van der Waals surface area contributed by atoms with E-state index in [2.05, 4.69) is 58.5 Å². The zero-order valence-electron chi connectivity index (χ0n) is 13.8. The van der Waals surface area contributed by atoms with Crippen molar-refractivity contribution in [2.75, 3.05) is 18.1 Å². The summed E-state index contributed by atoms with van der Waals surface area (Å²) < 4.78 is 1.10. The Morgan fingerprint density at radius 2 is 1.92 bits per heavy atom. The Hall–Kier alpha value is -0.910. The number of amides is 1. The molecule has 0 bridgehead atoms. The quantitative estimate of drug-likeness (QED) is 0.572. The maximum Gasteiger partial charge on any atom is 0.230 e. The lowest BCUT2D eigenvalue weighted by atomic mass is 10.2. The highest BCUT2D eigenvalue weighted by molar-refractivity contribution is 9.10. The largest absolute Gasteiger partial charge is 0.355 e. The Bertz CT molecular complexity index is 663. The first-order valence-corrected chi connectivity index (χ1v) is 11.0. The zero-order chi connectivity index (χ0) is 17.2. The molecule has 0 aliphatic carbocycles. The predicted molar refractivity (Wildman–Crippen MR) is 111 cm³/mol. The van der Waals surface area contributed by atoms with Crippen molar-refractivity contribution in [2.45, 2.75) is 18.4 Å². The van der Waals surface area contributed by atoms with Gasteiger partial charge >= 0.3 is 0 Å². The lowest BCUT2D eigenvalue weighted by Crippen LogP contribution is -2.27. The van der Waals surface area contributed by atoms with Crippen LogP contribution in [0.15, 0.2) is 53.0 Å². The van der Waals surface area contributed by atoms with Gasteiger partial charge in [-0.2, -0.15) is 11.8 Å². The number of rotatable bonds is 9. The van der Waals surface area contributed by atoms with Crippen molar-refractivity contribution < 1.29 is 4.79 Å². The van der Waals surface area contributed by atoms with Crippen molar-refractivity contribution in [2.24, 2.45) is 0 Å². The number of aryl methyl sites for hydroxylation is 1. The minimum absolute atomic E-state index is 0.114. The van der Waals surface area contributed by atoms with Gasteiger partial charge in [0.25, 0.3) is 0 Å². The summed E-state index contributed by atoms with van der Waals surface area (Å²) in [7, 11) is 0. The Morgan fingerprint density at radius 1 is 1.08 bits per heavy atom. The molecule has 0 spiro atoms. The molecule has 0 saturated carbocycles. The second-order valence-electron chi connectivity index (χ2n) is 5.48. The summed E-state index contributed by atoms with van der Waals surface area (Å²) in [4.78, 5) is 11.8. The van der Waals surface area contributed by atoms with Crippen LogP contribution in [-0.2, 0) is 16.3 Å². The van der Waals surface area contributed by atoms with Gasteiger partial charge < -0.3 is 5.32 Å². The Labute approximate surface area is 161 Å². The van der Waals surface area contributed by atoms with Gasteiger partial charge in [-0.25, -0.2) is 0 Å². The van der Waals surface area contributed by atoms with Gasteiger partial charge in [0.05, 0.1) is 5.75 Å². The van der Waals surface area contributed by atoms with Crippen LogP contribution in [0.1, 0.15) is 16.7 Å². The molecule has 0 unspecified atom stereocenters. The number of nitrogens with one attached hydrogen (secondary N) is 1. The summed E-state index contributed by atoms with van der Waals surface area (Å²) >= 11 is 7.02. The molecular weight excluding hydrogens is 402 g/mol. The summed E-state index contributed by atoms with van der Waals surface area (Å²) in [5.41, 5.74) is 3.86. The highest BCUT2D eigenvalue weighted by Crippen LogP contribution is 2.21. The van der Waals surface area contributed by atoms with Crippen LogP contribution in [0.5, 0.6) is 0 Å². The number of benzene rings is 2. The zero-order valence-corrected chi connectivity index (χ0v) is 17.0. The Kier molecular flexibility index (Phi) is 8.78. The van der Waals surface area contributed by atoms with Crippen LogP contribution in [0.2, 0.25) is 0 Å². The molecule has 1 amide bonds. The Morgan fingerprint density at radius 3 is 2.71 bits per heavy atom. The summed E-state index contributed by atoms with van der Waals surface area (Å²) in [6.45, 7) is 2.84. The lowest BCUT2D eigenvalue weighted by molar-refractivity contribution is -0.118. The minimum atomic E-state index is 0.114. The van der Waals surface area contributed by atoms with Crippen LogP contribution < -0.4 is 5.32 Å². The van der Waals surface area contributed by atoms with Crippen LogP contribution >= 0.6 is 39.5 Å². The van der Waals surface area contributed by atoms with Crippen molar-refractivity contribution in [3.63, 3.8) is 0 Å². The third kappa shape index (κ3) is 7.32. The molecular formula is C19H22BrNOS2. The highest BCUT2D eigenvalue weighted by atomic mass is 79.9. The molecule has 128 valence electrons. The molecule has 0 fully saturated rings. The molecule has 2 nitrogen and oxygen atoms in total. The first-order valence-electron chi connectivity index (χ1n) is 7.86. The van der Waals surface area contributed by atoms with E-state index < -0.39 is 0 Å². The van der Waals surface area contributed by atoms with Crippen LogP contribution in [0.3, 0.4) is 0 Å². The standard InChI is InChI=1S/C19H22BrNOS2/c1-15-5-4-6-16(11-15)12-23-10-9-21-19(22)14-24-13-17-7-2-3-8-18(17)20/h2-8,11H,9-10,12-14H2,1H3,(H,21,22). The lowest BCUT2D eigenvalue weighted by Gasteiger charge is -2.07. The van der Waals surface area contributed by atoms with E-state index in [0.717, 1.165) is 28.3 Å². The van der Waals surface area contributed by atoms with Gasteiger partial charge in [-0.1, -0.05) is 64.0 Å². The van der Waals surface area contributed by atoms with Crippen molar-refractivity contribution in [3.8, 4) is 0 Å². The van der Waals surface area contributed by atoms with E-state index in [1.54, 1.807) is 11.8 Å². The number of hydrogen-bond donors (Lipinski definition) is 1. The summed E-state index contributed by atoms with van der Waals surface area (Å²) in [6.07, 6.45) is 0. The van der Waals surface area contributed by atoms with E-state index in [1.165, 1.54) is 16.7 Å². The summed E-state index contributed by atoms with van der Waals surface area (Å²) in [5, 5.41) is 2.99. The number of thioether (sulfide) groups is 2. The van der Waals surface area contributed by atoms with E-state index in [0.29, 0.717) is 5.75 Å². The second kappa shape index (κ2) is 10.9. The second-order valence-corrected chi connectivity index (χ2v) is 8.42. The molecule has 0 aliphatic rings. The monoisotopic (exact) mass is 423 g/mol. The predicted octanol–water partition coefficient (Wildman–Crippen LogP) is 5.04. The molecule has 0 aliphatic heterocycles. The van der Waals surface area contributed by atoms with E-state index in [-0.39, 0.29) is 5.91 Å². The summed E-state index contributed by atoms with van der Waals surface area (Å²) in [6, 6.07) is 16.7.